The van der Waals surface area contributed by atoms with E-state index in [1.807, 2.05) is 45.0 Å². The average Bonchev–Trinajstić information content (AvgIpc) is 2.73. The molecule has 0 aliphatic heterocycles. The van der Waals surface area contributed by atoms with Crippen LogP contribution in [0.2, 0.25) is 0 Å². The molecule has 0 saturated carbocycles. The maximum Gasteiger partial charge on any atom is 0.358 e. The average molecular weight is 324 g/mol. The van der Waals surface area contributed by atoms with Crippen molar-refractivity contribution in [2.45, 2.75) is 26.2 Å². The third-order valence-electron chi connectivity index (χ3n) is 2.64. The van der Waals surface area contributed by atoms with E-state index < -0.39 is 5.97 Å². The summed E-state index contributed by atoms with van der Waals surface area (Å²) in [4.78, 5) is 11.3. The first kappa shape index (κ1) is 13.7. The first-order valence-electron chi connectivity index (χ1n) is 5.76. The van der Waals surface area contributed by atoms with Crippen LogP contribution in [-0.4, -0.2) is 26.1 Å². The number of carboxylic acid groups (broad SMARTS) is 1. The van der Waals surface area contributed by atoms with Crippen molar-refractivity contribution in [1.29, 1.82) is 0 Å². The predicted molar refractivity (Wildman–Crippen MR) is 74.7 cm³/mol. The molecule has 5 nitrogen and oxygen atoms in total. The number of nitrogens with zero attached hydrogens (tertiary/aromatic N) is 3. The molecular weight excluding hydrogens is 310 g/mol. The van der Waals surface area contributed by atoms with Gasteiger partial charge in [0.1, 0.15) is 0 Å². The molecule has 0 unspecified atom stereocenters. The van der Waals surface area contributed by atoms with E-state index in [9.17, 15) is 9.90 Å². The Hall–Kier alpha value is -1.69. The molecule has 0 bridgehead atoms. The molecule has 1 aromatic heterocycles. The van der Waals surface area contributed by atoms with Gasteiger partial charge in [-0.3, -0.25) is 0 Å². The zero-order chi connectivity index (χ0) is 14.2. The molecular formula is C13H14BrN3O2. The topological polar surface area (TPSA) is 68.0 Å². The molecule has 0 amide bonds. The zero-order valence-electron chi connectivity index (χ0n) is 10.9. The van der Waals surface area contributed by atoms with Crippen LogP contribution in [0, 0.1) is 0 Å². The maximum atomic E-state index is 11.3. The van der Waals surface area contributed by atoms with Gasteiger partial charge in [0.15, 0.2) is 5.69 Å². The van der Waals surface area contributed by atoms with Crippen molar-refractivity contribution in [3.63, 3.8) is 0 Å². The Bertz CT molecular complexity index is 629. The number of benzene rings is 1. The third-order valence-corrected chi connectivity index (χ3v) is 3.13. The number of hydrogen-bond donors (Lipinski definition) is 1. The Morgan fingerprint density at radius 1 is 1.37 bits per heavy atom. The summed E-state index contributed by atoms with van der Waals surface area (Å²) in [6.07, 6.45) is 0. The van der Waals surface area contributed by atoms with Gasteiger partial charge in [0, 0.05) is 9.89 Å². The Morgan fingerprint density at radius 3 is 2.58 bits per heavy atom. The summed E-state index contributed by atoms with van der Waals surface area (Å²) < 4.78 is 2.48. The normalized spacial score (nSPS) is 11.6. The maximum absolute atomic E-state index is 11.3. The minimum atomic E-state index is -1.06. The standard InChI is InChI=1S/C13H14BrN3O2/c1-13(2,3)11-10(12(18)19)15-16-17(11)9-6-4-5-8(14)7-9/h4-7H,1-3H3,(H,18,19). The van der Waals surface area contributed by atoms with E-state index in [0.717, 1.165) is 10.2 Å². The summed E-state index contributed by atoms with van der Waals surface area (Å²) in [5, 5.41) is 17.0. The van der Waals surface area contributed by atoms with Crippen LogP contribution in [0.25, 0.3) is 5.69 Å². The summed E-state index contributed by atoms with van der Waals surface area (Å²) in [6, 6.07) is 7.50. The predicted octanol–water partition coefficient (Wildman–Crippen LogP) is 3.03. The number of aromatic nitrogens is 3. The molecule has 2 rings (SSSR count). The van der Waals surface area contributed by atoms with Crippen molar-refractivity contribution in [3.05, 3.63) is 40.1 Å². The number of carboxylic acids is 1. The van der Waals surface area contributed by atoms with E-state index in [4.69, 9.17) is 0 Å². The quantitative estimate of drug-likeness (QED) is 0.922. The first-order valence-corrected chi connectivity index (χ1v) is 6.55. The van der Waals surface area contributed by atoms with Crippen LogP contribution in [0.4, 0.5) is 0 Å². The Kier molecular flexibility index (Phi) is 3.45. The van der Waals surface area contributed by atoms with Gasteiger partial charge in [-0.15, -0.1) is 5.10 Å². The van der Waals surface area contributed by atoms with Crippen LogP contribution in [0.3, 0.4) is 0 Å². The summed E-state index contributed by atoms with van der Waals surface area (Å²) in [6.45, 7) is 5.81. The Morgan fingerprint density at radius 2 is 2.05 bits per heavy atom. The van der Waals surface area contributed by atoms with Gasteiger partial charge in [-0.1, -0.05) is 48.0 Å². The Balaban J connectivity index is 2.68. The minimum Gasteiger partial charge on any atom is -0.476 e. The van der Waals surface area contributed by atoms with E-state index in [1.165, 1.54) is 0 Å². The second-order valence-electron chi connectivity index (χ2n) is 5.23. The largest absolute Gasteiger partial charge is 0.476 e. The lowest BCUT2D eigenvalue weighted by molar-refractivity contribution is 0.0687. The van der Waals surface area contributed by atoms with Crippen LogP contribution in [-0.2, 0) is 5.41 Å². The van der Waals surface area contributed by atoms with Crippen LogP contribution in [0.15, 0.2) is 28.7 Å². The molecule has 2 aromatic rings. The number of rotatable bonds is 2. The fourth-order valence-corrected chi connectivity index (χ4v) is 2.27. The number of hydrogen-bond acceptors (Lipinski definition) is 3. The SMILES string of the molecule is CC(C)(C)c1c(C(=O)O)nnn1-c1cccc(Br)c1. The number of carbonyl (C=O) groups is 1. The third kappa shape index (κ3) is 2.68. The molecule has 1 N–H and O–H groups in total. The van der Waals surface area contributed by atoms with Crippen molar-refractivity contribution in [2.24, 2.45) is 0 Å². The first-order chi connectivity index (χ1) is 8.80. The van der Waals surface area contributed by atoms with Crippen LogP contribution in [0.5, 0.6) is 0 Å². The highest BCUT2D eigenvalue weighted by Gasteiger charge is 2.29. The number of halogens is 1. The molecule has 0 fully saturated rings. The van der Waals surface area contributed by atoms with Gasteiger partial charge in [-0.05, 0) is 18.2 Å². The van der Waals surface area contributed by atoms with Crippen LogP contribution >= 0.6 is 15.9 Å². The summed E-state index contributed by atoms with van der Waals surface area (Å²) in [5.74, 6) is -1.06. The van der Waals surface area contributed by atoms with Gasteiger partial charge in [-0.25, -0.2) is 9.48 Å². The van der Waals surface area contributed by atoms with Crippen molar-refractivity contribution in [2.75, 3.05) is 0 Å². The fraction of sp³-hybridized carbons (Fsp3) is 0.308. The van der Waals surface area contributed by atoms with Gasteiger partial charge in [-0.2, -0.15) is 0 Å². The second-order valence-corrected chi connectivity index (χ2v) is 6.15. The summed E-state index contributed by atoms with van der Waals surface area (Å²) in [7, 11) is 0. The molecule has 0 atom stereocenters. The molecule has 0 saturated heterocycles. The molecule has 0 radical (unpaired) electrons. The fourth-order valence-electron chi connectivity index (χ4n) is 1.89. The highest BCUT2D eigenvalue weighted by atomic mass is 79.9. The van der Waals surface area contributed by atoms with E-state index in [-0.39, 0.29) is 11.1 Å². The van der Waals surface area contributed by atoms with Crippen molar-refractivity contribution in [3.8, 4) is 5.69 Å². The summed E-state index contributed by atoms with van der Waals surface area (Å²) >= 11 is 3.39. The molecule has 0 aliphatic rings. The van der Waals surface area contributed by atoms with Crippen LogP contribution < -0.4 is 0 Å². The monoisotopic (exact) mass is 323 g/mol. The van der Waals surface area contributed by atoms with Crippen molar-refractivity contribution >= 4 is 21.9 Å². The van der Waals surface area contributed by atoms with Crippen LogP contribution in [0.1, 0.15) is 37.0 Å². The molecule has 0 spiro atoms. The molecule has 1 heterocycles. The Labute approximate surface area is 119 Å². The van der Waals surface area contributed by atoms with E-state index in [0.29, 0.717) is 5.69 Å². The lowest BCUT2D eigenvalue weighted by Crippen LogP contribution is -2.21. The highest BCUT2D eigenvalue weighted by molar-refractivity contribution is 9.10. The van der Waals surface area contributed by atoms with E-state index >= 15 is 0 Å². The van der Waals surface area contributed by atoms with E-state index in [1.54, 1.807) is 4.68 Å². The summed E-state index contributed by atoms with van der Waals surface area (Å²) in [5.41, 5.74) is 0.976. The number of aromatic carboxylic acids is 1. The lowest BCUT2D eigenvalue weighted by atomic mass is 9.90. The second kappa shape index (κ2) is 4.77. The lowest BCUT2D eigenvalue weighted by Gasteiger charge is -2.20. The molecule has 19 heavy (non-hydrogen) atoms. The van der Waals surface area contributed by atoms with Crippen molar-refractivity contribution < 1.29 is 9.90 Å². The molecule has 0 aliphatic carbocycles. The van der Waals surface area contributed by atoms with Gasteiger partial charge >= 0.3 is 5.97 Å². The van der Waals surface area contributed by atoms with Crippen molar-refractivity contribution in [1.82, 2.24) is 15.0 Å². The van der Waals surface area contributed by atoms with Gasteiger partial charge in [0.05, 0.1) is 11.4 Å². The molecule has 6 heteroatoms. The van der Waals surface area contributed by atoms with Gasteiger partial charge in [0.25, 0.3) is 0 Å². The van der Waals surface area contributed by atoms with E-state index in [2.05, 4.69) is 26.2 Å². The molecule has 100 valence electrons. The minimum absolute atomic E-state index is 0.00697. The zero-order valence-corrected chi connectivity index (χ0v) is 12.5. The highest BCUT2D eigenvalue weighted by Crippen LogP contribution is 2.27. The van der Waals surface area contributed by atoms with Gasteiger partial charge < -0.3 is 5.11 Å². The molecule has 1 aromatic carbocycles. The smallest absolute Gasteiger partial charge is 0.358 e. The van der Waals surface area contributed by atoms with Gasteiger partial charge in [0.2, 0.25) is 0 Å².